The molecule has 0 aliphatic carbocycles. The van der Waals surface area contributed by atoms with E-state index in [1.165, 1.54) is 10.5 Å². The van der Waals surface area contributed by atoms with Gasteiger partial charge in [0.1, 0.15) is 4.90 Å². The zero-order valence-electron chi connectivity index (χ0n) is 11.1. The minimum absolute atomic E-state index is 0.0303. The molecule has 0 aromatic carbocycles. The second kappa shape index (κ2) is 5.87. The Labute approximate surface area is 122 Å². The van der Waals surface area contributed by atoms with Crippen LogP contribution in [0.2, 0.25) is 0 Å². The Hall–Kier alpha value is -0.500. The van der Waals surface area contributed by atoms with Crippen LogP contribution in [-0.2, 0) is 10.0 Å². The number of piperidine rings is 1. The second-order valence-corrected chi connectivity index (χ2v) is 7.83. The molecule has 0 spiro atoms. The normalized spacial score (nSPS) is 21.8. The van der Waals surface area contributed by atoms with Crippen molar-refractivity contribution in [3.8, 4) is 0 Å². The molecule has 19 heavy (non-hydrogen) atoms. The summed E-state index contributed by atoms with van der Waals surface area (Å²) in [4.78, 5) is 6.33. The van der Waals surface area contributed by atoms with Crippen molar-refractivity contribution in [1.82, 2.24) is 14.2 Å². The molecule has 0 saturated carbocycles. The lowest BCUT2D eigenvalue weighted by Gasteiger charge is -2.35. The molecule has 1 unspecified atom stereocenters. The number of pyridine rings is 1. The summed E-state index contributed by atoms with van der Waals surface area (Å²) < 4.78 is 27.2. The fraction of sp³-hybridized carbons (Fsp3) is 0.583. The van der Waals surface area contributed by atoms with Gasteiger partial charge in [-0.2, -0.15) is 4.31 Å². The van der Waals surface area contributed by atoms with Gasteiger partial charge in [-0.3, -0.25) is 4.98 Å². The monoisotopic (exact) mass is 347 g/mol. The molecule has 106 valence electrons. The third kappa shape index (κ3) is 3.34. The van der Waals surface area contributed by atoms with Gasteiger partial charge in [-0.25, -0.2) is 8.42 Å². The Morgan fingerprint density at radius 3 is 2.84 bits per heavy atom. The van der Waals surface area contributed by atoms with Crippen molar-refractivity contribution < 1.29 is 8.42 Å². The first-order valence-corrected chi connectivity index (χ1v) is 8.41. The summed E-state index contributed by atoms with van der Waals surface area (Å²) >= 11 is 3.26. The molecule has 0 bridgehead atoms. The van der Waals surface area contributed by atoms with E-state index in [2.05, 4.69) is 25.8 Å². The molecule has 1 atom stereocenters. The first-order valence-electron chi connectivity index (χ1n) is 6.18. The molecule has 2 rings (SSSR count). The summed E-state index contributed by atoms with van der Waals surface area (Å²) in [6.45, 7) is 1.81. The van der Waals surface area contributed by atoms with Gasteiger partial charge < -0.3 is 4.90 Å². The summed E-state index contributed by atoms with van der Waals surface area (Å²) in [7, 11) is 0.204. The SMILES string of the molecule is CN1CCCC(N(C)S(=O)(=O)c2cncc(Br)c2)C1. The van der Waals surface area contributed by atoms with E-state index >= 15 is 0 Å². The van der Waals surface area contributed by atoms with E-state index in [1.807, 2.05) is 7.05 Å². The van der Waals surface area contributed by atoms with Crippen LogP contribution in [0.1, 0.15) is 12.8 Å². The molecular weight excluding hydrogens is 330 g/mol. The molecule has 1 saturated heterocycles. The van der Waals surface area contributed by atoms with E-state index in [1.54, 1.807) is 19.3 Å². The predicted molar refractivity (Wildman–Crippen MR) is 77.4 cm³/mol. The van der Waals surface area contributed by atoms with E-state index in [-0.39, 0.29) is 10.9 Å². The number of nitrogens with zero attached hydrogens (tertiary/aromatic N) is 3. The van der Waals surface area contributed by atoms with Crippen LogP contribution in [0.15, 0.2) is 27.8 Å². The highest BCUT2D eigenvalue weighted by Crippen LogP contribution is 2.22. The van der Waals surface area contributed by atoms with Crippen molar-refractivity contribution in [2.45, 2.75) is 23.8 Å². The second-order valence-electron chi connectivity index (χ2n) is 4.92. The van der Waals surface area contributed by atoms with E-state index < -0.39 is 10.0 Å². The van der Waals surface area contributed by atoms with Gasteiger partial charge in [0.05, 0.1) is 0 Å². The zero-order valence-corrected chi connectivity index (χ0v) is 13.5. The van der Waals surface area contributed by atoms with Gasteiger partial charge in [0.2, 0.25) is 10.0 Å². The van der Waals surface area contributed by atoms with E-state index in [0.717, 1.165) is 25.9 Å². The number of rotatable bonds is 3. The first-order chi connectivity index (χ1) is 8.91. The van der Waals surface area contributed by atoms with Gasteiger partial charge in [0.25, 0.3) is 0 Å². The van der Waals surface area contributed by atoms with Crippen molar-refractivity contribution in [2.75, 3.05) is 27.2 Å². The molecule has 7 heteroatoms. The molecular formula is C12H18BrN3O2S. The van der Waals surface area contributed by atoms with Crippen molar-refractivity contribution >= 4 is 26.0 Å². The van der Waals surface area contributed by atoms with Gasteiger partial charge in [-0.05, 0) is 48.4 Å². The van der Waals surface area contributed by atoms with Crippen molar-refractivity contribution in [3.63, 3.8) is 0 Å². The summed E-state index contributed by atoms with van der Waals surface area (Å²) in [5.41, 5.74) is 0. The smallest absolute Gasteiger partial charge is 0.244 e. The number of likely N-dealkylation sites (tertiary alicyclic amines) is 1. The quantitative estimate of drug-likeness (QED) is 0.832. The molecule has 0 amide bonds. The molecule has 1 aromatic rings. The number of hydrogen-bond donors (Lipinski definition) is 0. The van der Waals surface area contributed by atoms with E-state index in [4.69, 9.17) is 0 Å². The highest BCUT2D eigenvalue weighted by Gasteiger charge is 2.30. The highest BCUT2D eigenvalue weighted by molar-refractivity contribution is 9.10. The van der Waals surface area contributed by atoms with Crippen LogP contribution >= 0.6 is 15.9 Å². The van der Waals surface area contributed by atoms with Gasteiger partial charge in [-0.15, -0.1) is 0 Å². The molecule has 0 N–H and O–H groups in total. The van der Waals surface area contributed by atoms with Crippen LogP contribution in [0.25, 0.3) is 0 Å². The Morgan fingerprint density at radius 1 is 1.47 bits per heavy atom. The average Bonchev–Trinajstić information content (AvgIpc) is 2.38. The number of halogens is 1. The van der Waals surface area contributed by atoms with Gasteiger partial charge in [0.15, 0.2) is 0 Å². The van der Waals surface area contributed by atoms with Crippen LogP contribution in [0.3, 0.4) is 0 Å². The van der Waals surface area contributed by atoms with Gasteiger partial charge in [-0.1, -0.05) is 0 Å². The van der Waals surface area contributed by atoms with Crippen LogP contribution in [-0.4, -0.2) is 55.8 Å². The van der Waals surface area contributed by atoms with Crippen LogP contribution in [0, 0.1) is 0 Å². The van der Waals surface area contributed by atoms with Crippen molar-refractivity contribution in [3.05, 3.63) is 22.9 Å². The summed E-state index contributed by atoms with van der Waals surface area (Å²) in [5, 5.41) is 0. The number of aromatic nitrogens is 1. The first kappa shape index (κ1) is 14.9. The molecule has 5 nitrogen and oxygen atoms in total. The standard InChI is InChI=1S/C12H18BrN3O2S/c1-15-5-3-4-11(9-15)16(2)19(17,18)12-6-10(13)7-14-8-12/h6-8,11H,3-5,9H2,1-2H3. The molecule has 2 heterocycles. The minimum Gasteiger partial charge on any atom is -0.305 e. The molecule has 1 fully saturated rings. The summed E-state index contributed by atoms with van der Waals surface area (Å²) in [6, 6.07) is 1.62. The highest BCUT2D eigenvalue weighted by atomic mass is 79.9. The zero-order chi connectivity index (χ0) is 14.0. The third-order valence-electron chi connectivity index (χ3n) is 3.47. The van der Waals surface area contributed by atoms with Gasteiger partial charge >= 0.3 is 0 Å². The number of sulfonamides is 1. The van der Waals surface area contributed by atoms with E-state index in [9.17, 15) is 8.42 Å². The number of likely N-dealkylation sites (N-methyl/N-ethyl adjacent to an activating group) is 2. The maximum absolute atomic E-state index is 12.5. The van der Waals surface area contributed by atoms with Gasteiger partial charge in [0, 0.05) is 36.5 Å². The van der Waals surface area contributed by atoms with Crippen LogP contribution < -0.4 is 0 Å². The lowest BCUT2D eigenvalue weighted by Crippen LogP contribution is -2.47. The largest absolute Gasteiger partial charge is 0.305 e. The third-order valence-corrected chi connectivity index (χ3v) is 5.78. The predicted octanol–water partition coefficient (Wildman–Crippen LogP) is 1.56. The maximum atomic E-state index is 12.5. The Kier molecular flexibility index (Phi) is 4.60. The Balaban J connectivity index is 2.24. The fourth-order valence-electron chi connectivity index (χ4n) is 2.33. The minimum atomic E-state index is -3.47. The lowest BCUT2D eigenvalue weighted by atomic mass is 10.1. The topological polar surface area (TPSA) is 53.5 Å². The summed E-state index contributed by atoms with van der Waals surface area (Å²) in [5.74, 6) is 0. The Bertz CT molecular complexity index is 550. The van der Waals surface area contributed by atoms with Crippen molar-refractivity contribution in [2.24, 2.45) is 0 Å². The van der Waals surface area contributed by atoms with Crippen molar-refractivity contribution in [1.29, 1.82) is 0 Å². The molecule has 1 aliphatic rings. The Morgan fingerprint density at radius 2 is 2.21 bits per heavy atom. The van der Waals surface area contributed by atoms with Crippen LogP contribution in [0.5, 0.6) is 0 Å². The fourth-order valence-corrected chi connectivity index (χ4v) is 4.22. The maximum Gasteiger partial charge on any atom is 0.244 e. The number of hydrogen-bond acceptors (Lipinski definition) is 4. The molecule has 1 aliphatic heterocycles. The average molecular weight is 348 g/mol. The lowest BCUT2D eigenvalue weighted by molar-refractivity contribution is 0.187. The van der Waals surface area contributed by atoms with E-state index in [0.29, 0.717) is 4.47 Å². The summed E-state index contributed by atoms with van der Waals surface area (Å²) in [6.07, 6.45) is 4.90. The molecule has 0 radical (unpaired) electrons. The molecule has 1 aromatic heterocycles. The van der Waals surface area contributed by atoms with Crippen LogP contribution in [0.4, 0.5) is 0 Å².